The van der Waals surface area contributed by atoms with E-state index in [-0.39, 0.29) is 11.2 Å². The Balaban J connectivity index is 1.61. The minimum atomic E-state index is -0.408. The first-order chi connectivity index (χ1) is 15.0. The molecule has 1 N–H and O–H groups in total. The van der Waals surface area contributed by atoms with Crippen molar-refractivity contribution in [2.45, 2.75) is 10.5 Å². The highest BCUT2D eigenvalue weighted by atomic mass is 35.5. The summed E-state index contributed by atoms with van der Waals surface area (Å²) in [6.45, 7) is 0. The minimum Gasteiger partial charge on any atom is -0.341 e. The van der Waals surface area contributed by atoms with Crippen molar-refractivity contribution < 1.29 is 4.79 Å². The van der Waals surface area contributed by atoms with E-state index in [0.29, 0.717) is 13.7 Å². The summed E-state index contributed by atoms with van der Waals surface area (Å²) < 4.78 is 1.13. The van der Waals surface area contributed by atoms with E-state index in [2.05, 4.69) is 5.32 Å². The first kappa shape index (κ1) is 22.3. The molecule has 0 spiro atoms. The molecule has 0 bridgehead atoms. The molecule has 1 fully saturated rings. The first-order valence-corrected chi connectivity index (χ1v) is 12.4. The number of hydrogen-bond donors (Lipinski definition) is 1. The molecule has 0 radical (unpaired) electrons. The summed E-state index contributed by atoms with van der Waals surface area (Å²) in [4.78, 5) is 15.1. The Hall–Kier alpha value is -1.90. The monoisotopic (exact) mass is 500 g/mol. The summed E-state index contributed by atoms with van der Waals surface area (Å²) in [5, 5.41) is 3.25. The van der Waals surface area contributed by atoms with Crippen LogP contribution in [0, 0.1) is 0 Å². The van der Waals surface area contributed by atoms with Crippen molar-refractivity contribution in [1.82, 2.24) is 0 Å². The summed E-state index contributed by atoms with van der Waals surface area (Å²) in [5.74, 6) is -0.0452. The van der Waals surface area contributed by atoms with E-state index >= 15 is 0 Å². The van der Waals surface area contributed by atoms with Gasteiger partial charge in [-0.15, -0.1) is 0 Å². The molecule has 0 aliphatic carbocycles. The quantitative estimate of drug-likeness (QED) is 0.382. The maximum Gasteiger partial charge on any atom is 0.247 e. The van der Waals surface area contributed by atoms with Crippen molar-refractivity contribution in [1.29, 1.82) is 0 Å². The van der Waals surface area contributed by atoms with Crippen LogP contribution in [-0.2, 0) is 4.79 Å². The maximum absolute atomic E-state index is 13.5. The van der Waals surface area contributed by atoms with Crippen LogP contribution in [0.1, 0.15) is 10.8 Å². The average Bonchev–Trinajstić information content (AvgIpc) is 3.07. The predicted molar refractivity (Wildman–Crippen MR) is 142 cm³/mol. The summed E-state index contributed by atoms with van der Waals surface area (Å²) in [6, 6.07) is 26.8. The van der Waals surface area contributed by atoms with Gasteiger partial charge in [0.15, 0.2) is 0 Å². The fraction of sp³-hybridized carbons (Fsp3) is 0.0870. The van der Waals surface area contributed by atoms with Crippen molar-refractivity contribution in [3.63, 3.8) is 0 Å². The Morgan fingerprint density at radius 2 is 1.61 bits per heavy atom. The van der Waals surface area contributed by atoms with E-state index in [1.165, 1.54) is 23.5 Å². The molecule has 3 nitrogen and oxygen atoms in total. The number of nitrogens with one attached hydrogen (secondary N) is 1. The van der Waals surface area contributed by atoms with E-state index in [4.69, 9.17) is 36.0 Å². The number of carbonyl (C=O) groups excluding carboxylic acids is 1. The van der Waals surface area contributed by atoms with Crippen LogP contribution in [0.25, 0.3) is 0 Å². The van der Waals surface area contributed by atoms with E-state index < -0.39 is 5.25 Å². The Labute approximate surface area is 205 Å². The number of anilines is 2. The molecule has 2 atom stereocenters. The second kappa shape index (κ2) is 10.1. The average molecular weight is 501 g/mol. The van der Waals surface area contributed by atoms with E-state index in [1.807, 2.05) is 84.9 Å². The molecule has 0 aromatic heterocycles. The van der Waals surface area contributed by atoms with Crippen LogP contribution in [0.5, 0.6) is 0 Å². The number of nitrogens with zero attached hydrogens (tertiary/aromatic N) is 1. The summed E-state index contributed by atoms with van der Waals surface area (Å²) in [5.41, 5.74) is 2.65. The highest BCUT2D eigenvalue weighted by Gasteiger charge is 2.43. The van der Waals surface area contributed by atoms with Crippen LogP contribution < -0.4 is 10.2 Å². The highest BCUT2D eigenvalue weighted by molar-refractivity contribution is 8.27. The molecular weight excluding hydrogens is 484 g/mol. The van der Waals surface area contributed by atoms with Gasteiger partial charge in [0.25, 0.3) is 0 Å². The number of para-hydroxylation sites is 2. The SMILES string of the molecule is O=C1[C@@H]([C@@H](SC(=S)Nc2ccccc2)c2ccc(Cl)cc2)SC(=S)N1c1ccccc1. The Bertz CT molecular complexity index is 1090. The lowest BCUT2D eigenvalue weighted by atomic mass is 10.1. The maximum atomic E-state index is 13.5. The molecule has 156 valence electrons. The molecule has 31 heavy (non-hydrogen) atoms. The third-order valence-electron chi connectivity index (χ3n) is 4.62. The zero-order valence-electron chi connectivity index (χ0n) is 16.1. The van der Waals surface area contributed by atoms with Gasteiger partial charge in [-0.3, -0.25) is 9.69 Å². The molecule has 1 amide bonds. The lowest BCUT2D eigenvalue weighted by molar-refractivity contribution is -0.116. The number of hydrogen-bond acceptors (Lipinski definition) is 5. The van der Waals surface area contributed by atoms with Crippen LogP contribution in [0.2, 0.25) is 5.02 Å². The van der Waals surface area contributed by atoms with Gasteiger partial charge in [0.05, 0.1) is 10.9 Å². The number of benzene rings is 3. The molecule has 1 saturated heterocycles. The van der Waals surface area contributed by atoms with Crippen molar-refractivity contribution in [2.24, 2.45) is 0 Å². The molecule has 1 aliphatic heterocycles. The van der Waals surface area contributed by atoms with Gasteiger partial charge in [-0.2, -0.15) is 0 Å². The normalized spacial score (nSPS) is 16.9. The fourth-order valence-electron chi connectivity index (χ4n) is 3.17. The number of amides is 1. The first-order valence-electron chi connectivity index (χ1n) is 9.41. The predicted octanol–water partition coefficient (Wildman–Crippen LogP) is 6.94. The second-order valence-corrected chi connectivity index (χ2v) is 10.7. The third-order valence-corrected chi connectivity index (χ3v) is 8.13. The van der Waals surface area contributed by atoms with Gasteiger partial charge >= 0.3 is 0 Å². The van der Waals surface area contributed by atoms with Crippen molar-refractivity contribution in [3.8, 4) is 0 Å². The van der Waals surface area contributed by atoms with Gasteiger partial charge in [0.1, 0.15) is 13.9 Å². The highest BCUT2D eigenvalue weighted by Crippen LogP contribution is 2.45. The molecule has 1 heterocycles. The van der Waals surface area contributed by atoms with Gasteiger partial charge in [-0.25, -0.2) is 0 Å². The minimum absolute atomic E-state index is 0.0452. The van der Waals surface area contributed by atoms with Crippen molar-refractivity contribution >= 4 is 85.5 Å². The van der Waals surface area contributed by atoms with E-state index in [0.717, 1.165) is 16.9 Å². The third kappa shape index (κ3) is 5.30. The number of thiocarbonyl (C=S) groups is 2. The smallest absolute Gasteiger partial charge is 0.247 e. The molecule has 1 aliphatic rings. The van der Waals surface area contributed by atoms with Gasteiger partial charge < -0.3 is 5.32 Å². The lowest BCUT2D eigenvalue weighted by Crippen LogP contribution is -2.33. The molecule has 3 aromatic carbocycles. The summed E-state index contributed by atoms with van der Waals surface area (Å²) in [7, 11) is 0. The zero-order chi connectivity index (χ0) is 21.8. The number of halogens is 1. The molecule has 0 unspecified atom stereocenters. The van der Waals surface area contributed by atoms with Gasteiger partial charge in [0.2, 0.25) is 5.91 Å². The van der Waals surface area contributed by atoms with E-state index in [1.54, 1.807) is 4.90 Å². The van der Waals surface area contributed by atoms with Crippen molar-refractivity contribution in [3.05, 3.63) is 95.5 Å². The Morgan fingerprint density at radius 1 is 1.00 bits per heavy atom. The van der Waals surface area contributed by atoms with Crippen LogP contribution in [0.3, 0.4) is 0 Å². The number of carbonyl (C=O) groups is 1. The van der Waals surface area contributed by atoms with Crippen molar-refractivity contribution in [2.75, 3.05) is 10.2 Å². The standard InChI is InChI=1S/C23H17ClN2OS4/c24-16-13-11-15(12-14-16)19(30-22(28)25-17-7-3-1-4-8-17)20-21(27)26(23(29)31-20)18-9-5-2-6-10-18/h1-14,19-20H,(H,25,28)/t19-,20+/m0/s1. The largest absolute Gasteiger partial charge is 0.341 e. The number of thioether (sulfide) groups is 2. The fourth-order valence-corrected chi connectivity index (χ4v) is 6.51. The summed E-state index contributed by atoms with van der Waals surface area (Å²) >= 11 is 20.1. The summed E-state index contributed by atoms with van der Waals surface area (Å²) in [6.07, 6.45) is 0. The van der Waals surface area contributed by atoms with Crippen LogP contribution in [0.4, 0.5) is 11.4 Å². The second-order valence-electron chi connectivity index (χ2n) is 6.68. The number of rotatable bonds is 5. The van der Waals surface area contributed by atoms with Crippen LogP contribution >= 0.6 is 59.6 Å². The Morgan fingerprint density at radius 3 is 2.26 bits per heavy atom. The van der Waals surface area contributed by atoms with Crippen LogP contribution in [-0.4, -0.2) is 19.8 Å². The van der Waals surface area contributed by atoms with Gasteiger partial charge in [-0.1, -0.05) is 108 Å². The zero-order valence-corrected chi connectivity index (χ0v) is 20.1. The molecule has 8 heteroatoms. The molecule has 4 rings (SSSR count). The molecule has 3 aromatic rings. The van der Waals surface area contributed by atoms with Crippen LogP contribution in [0.15, 0.2) is 84.9 Å². The van der Waals surface area contributed by atoms with Gasteiger partial charge in [-0.05, 0) is 42.0 Å². The topological polar surface area (TPSA) is 32.3 Å². The lowest BCUT2D eigenvalue weighted by Gasteiger charge is -2.23. The van der Waals surface area contributed by atoms with E-state index in [9.17, 15) is 4.79 Å². The Kier molecular flexibility index (Phi) is 7.30. The molecular formula is C23H17ClN2OS4. The molecule has 0 saturated carbocycles. The van der Waals surface area contributed by atoms with Gasteiger partial charge in [0, 0.05) is 10.7 Å².